The molecule has 1 saturated heterocycles. The highest BCUT2D eigenvalue weighted by Gasteiger charge is 2.31. The summed E-state index contributed by atoms with van der Waals surface area (Å²) in [7, 11) is 0. The number of pyridine rings is 1. The van der Waals surface area contributed by atoms with Crippen molar-refractivity contribution in [2.75, 3.05) is 19.7 Å². The van der Waals surface area contributed by atoms with Gasteiger partial charge in [0.05, 0.1) is 25.6 Å². The topological polar surface area (TPSA) is 49.1 Å². The highest BCUT2D eigenvalue weighted by molar-refractivity contribution is 5.85. The Morgan fingerprint density at radius 3 is 2.81 bits per heavy atom. The molecule has 146 valence electrons. The van der Waals surface area contributed by atoms with Crippen LogP contribution in [0.15, 0.2) is 24.5 Å². The average Bonchev–Trinajstić information content (AvgIpc) is 2.70. The van der Waals surface area contributed by atoms with Crippen molar-refractivity contribution in [1.29, 1.82) is 5.26 Å². The molecule has 0 bridgehead atoms. The summed E-state index contributed by atoms with van der Waals surface area (Å²) in [6, 6.07) is 6.79. The van der Waals surface area contributed by atoms with Gasteiger partial charge in [-0.15, -0.1) is 12.4 Å². The molecule has 1 aromatic rings. The molecule has 0 radical (unpaired) electrons. The minimum Gasteiger partial charge on any atom is -0.361 e. The fraction of sp³-hybridized carbons (Fsp3) is 0.636. The molecule has 3 rings (SSSR count). The van der Waals surface area contributed by atoms with Crippen LogP contribution < -0.4 is 0 Å². The van der Waals surface area contributed by atoms with Crippen LogP contribution in [0.1, 0.15) is 69.4 Å². The molecule has 1 saturated carbocycles. The van der Waals surface area contributed by atoms with Crippen LogP contribution in [0.3, 0.4) is 0 Å². The summed E-state index contributed by atoms with van der Waals surface area (Å²) in [4.78, 5) is 6.78. The Morgan fingerprint density at radius 2 is 2.07 bits per heavy atom. The average molecular weight is 388 g/mol. The van der Waals surface area contributed by atoms with E-state index in [2.05, 4.69) is 33.9 Å². The standard InChI is InChI=1S/C22H29N3O.ClH/c23-14-8-18-26-22(11-3-1-4-12-22)13-7-17-25-16-5-2-10-21(25)20-9-6-15-24-19-20;/h6,9,15,19,21H,1-5,8,10-12,16-18H2;1H/t21-;/m1./s1. The maximum absolute atomic E-state index is 8.79. The lowest BCUT2D eigenvalue weighted by Crippen LogP contribution is -2.36. The first-order valence-corrected chi connectivity index (χ1v) is 9.98. The zero-order chi connectivity index (χ0) is 18.1. The summed E-state index contributed by atoms with van der Waals surface area (Å²) >= 11 is 0. The van der Waals surface area contributed by atoms with Crippen molar-refractivity contribution in [2.45, 2.75) is 69.4 Å². The predicted octanol–water partition coefficient (Wildman–Crippen LogP) is 4.67. The number of piperidine rings is 1. The minimum absolute atomic E-state index is 0. The Hall–Kier alpha value is -1.59. The van der Waals surface area contributed by atoms with E-state index >= 15 is 0 Å². The molecule has 0 amide bonds. The van der Waals surface area contributed by atoms with E-state index in [9.17, 15) is 0 Å². The Balaban J connectivity index is 0.00000261. The van der Waals surface area contributed by atoms with Crippen molar-refractivity contribution in [3.05, 3.63) is 30.1 Å². The van der Waals surface area contributed by atoms with E-state index in [0.717, 1.165) is 25.9 Å². The van der Waals surface area contributed by atoms with Gasteiger partial charge in [-0.25, -0.2) is 0 Å². The number of hydrogen-bond acceptors (Lipinski definition) is 4. The van der Waals surface area contributed by atoms with Gasteiger partial charge >= 0.3 is 0 Å². The van der Waals surface area contributed by atoms with E-state index in [4.69, 9.17) is 10.00 Å². The molecule has 2 fully saturated rings. The normalized spacial score (nSPS) is 22.0. The van der Waals surface area contributed by atoms with Crippen molar-refractivity contribution < 1.29 is 4.74 Å². The maximum atomic E-state index is 8.79. The van der Waals surface area contributed by atoms with Crippen LogP contribution >= 0.6 is 12.4 Å². The number of nitrogens with zero attached hydrogens (tertiary/aromatic N) is 3. The van der Waals surface area contributed by atoms with Crippen LogP contribution in [0.25, 0.3) is 0 Å². The van der Waals surface area contributed by atoms with E-state index < -0.39 is 0 Å². The zero-order valence-corrected chi connectivity index (χ0v) is 16.8. The molecule has 2 aliphatic rings. The lowest BCUT2D eigenvalue weighted by Gasteiger charge is -2.35. The molecule has 1 aliphatic carbocycles. The first-order valence-electron chi connectivity index (χ1n) is 9.98. The van der Waals surface area contributed by atoms with E-state index in [1.165, 1.54) is 44.1 Å². The molecule has 0 N–H and O–H groups in total. The van der Waals surface area contributed by atoms with E-state index in [-0.39, 0.29) is 18.0 Å². The number of likely N-dealkylation sites (tertiary alicyclic amines) is 1. The highest BCUT2D eigenvalue weighted by atomic mass is 35.5. The predicted molar refractivity (Wildman–Crippen MR) is 109 cm³/mol. The third kappa shape index (κ3) is 6.22. The van der Waals surface area contributed by atoms with Crippen LogP contribution in [0.2, 0.25) is 0 Å². The SMILES string of the molecule is Cl.N#CCCOC1(C#CCN2CCCC[C@@H]2c2cccnc2)CCCCC1. The van der Waals surface area contributed by atoms with Gasteiger partial charge < -0.3 is 4.74 Å². The number of halogens is 1. The second-order valence-electron chi connectivity index (χ2n) is 7.38. The first-order chi connectivity index (χ1) is 12.8. The van der Waals surface area contributed by atoms with Gasteiger partial charge in [-0.2, -0.15) is 5.26 Å². The molecular weight excluding hydrogens is 358 g/mol. The molecule has 1 aliphatic heterocycles. The summed E-state index contributed by atoms with van der Waals surface area (Å²) < 4.78 is 6.09. The molecule has 0 unspecified atom stereocenters. The van der Waals surface area contributed by atoms with Crippen LogP contribution in [-0.2, 0) is 4.74 Å². The van der Waals surface area contributed by atoms with Gasteiger partial charge in [0.2, 0.25) is 0 Å². The Bertz CT molecular complexity index is 656. The van der Waals surface area contributed by atoms with Crippen LogP contribution in [-0.4, -0.2) is 35.2 Å². The molecule has 27 heavy (non-hydrogen) atoms. The molecule has 0 aromatic carbocycles. The van der Waals surface area contributed by atoms with Crippen molar-refractivity contribution in [3.63, 3.8) is 0 Å². The van der Waals surface area contributed by atoms with Crippen LogP contribution in [0.4, 0.5) is 0 Å². The molecule has 5 heteroatoms. The number of hydrogen-bond donors (Lipinski definition) is 0. The fourth-order valence-corrected chi connectivity index (χ4v) is 4.15. The monoisotopic (exact) mass is 387 g/mol. The smallest absolute Gasteiger partial charge is 0.128 e. The Morgan fingerprint density at radius 1 is 1.22 bits per heavy atom. The number of rotatable bonds is 5. The molecule has 2 heterocycles. The molecular formula is C22H30ClN3O. The number of ether oxygens (including phenoxy) is 1. The second-order valence-corrected chi connectivity index (χ2v) is 7.38. The third-order valence-corrected chi connectivity index (χ3v) is 5.53. The molecule has 1 aromatic heterocycles. The van der Waals surface area contributed by atoms with Crippen LogP contribution in [0.5, 0.6) is 0 Å². The van der Waals surface area contributed by atoms with Crippen molar-refractivity contribution >= 4 is 12.4 Å². The highest BCUT2D eigenvalue weighted by Crippen LogP contribution is 2.32. The van der Waals surface area contributed by atoms with E-state index in [1.54, 1.807) is 0 Å². The van der Waals surface area contributed by atoms with E-state index in [0.29, 0.717) is 19.1 Å². The largest absolute Gasteiger partial charge is 0.361 e. The minimum atomic E-state index is -0.325. The van der Waals surface area contributed by atoms with Gasteiger partial charge in [0, 0.05) is 18.4 Å². The van der Waals surface area contributed by atoms with E-state index in [1.807, 2.05) is 18.5 Å². The molecule has 4 nitrogen and oxygen atoms in total. The fourth-order valence-electron chi connectivity index (χ4n) is 4.15. The number of aromatic nitrogens is 1. The Kier molecular flexibility index (Phi) is 9.08. The van der Waals surface area contributed by atoms with Crippen LogP contribution in [0, 0.1) is 23.2 Å². The lowest BCUT2D eigenvalue weighted by molar-refractivity contribution is -0.0233. The summed E-state index contributed by atoms with van der Waals surface area (Å²) in [6.07, 6.45) is 13.6. The third-order valence-electron chi connectivity index (χ3n) is 5.53. The first kappa shape index (κ1) is 21.7. The van der Waals surface area contributed by atoms with Crippen molar-refractivity contribution in [3.8, 4) is 17.9 Å². The van der Waals surface area contributed by atoms with Crippen molar-refractivity contribution in [1.82, 2.24) is 9.88 Å². The van der Waals surface area contributed by atoms with Gasteiger partial charge in [-0.05, 0) is 56.7 Å². The lowest BCUT2D eigenvalue weighted by atomic mass is 9.85. The number of nitriles is 1. The molecule has 0 spiro atoms. The van der Waals surface area contributed by atoms with Gasteiger partial charge in [0.15, 0.2) is 0 Å². The summed E-state index contributed by atoms with van der Waals surface area (Å²) in [6.45, 7) is 2.37. The van der Waals surface area contributed by atoms with Gasteiger partial charge in [-0.1, -0.05) is 30.7 Å². The van der Waals surface area contributed by atoms with Gasteiger partial charge in [0.1, 0.15) is 5.60 Å². The zero-order valence-electron chi connectivity index (χ0n) is 16.0. The Labute approximate surface area is 169 Å². The summed E-state index contributed by atoms with van der Waals surface area (Å²) in [5.41, 5.74) is 0.973. The van der Waals surface area contributed by atoms with Crippen molar-refractivity contribution in [2.24, 2.45) is 0 Å². The summed E-state index contributed by atoms with van der Waals surface area (Å²) in [5.74, 6) is 6.91. The quantitative estimate of drug-likeness (QED) is 0.544. The maximum Gasteiger partial charge on any atom is 0.128 e. The molecule has 1 atom stereocenters. The second kappa shape index (κ2) is 11.3. The van der Waals surface area contributed by atoms with Gasteiger partial charge in [0.25, 0.3) is 0 Å². The summed E-state index contributed by atoms with van der Waals surface area (Å²) in [5, 5.41) is 8.79. The van der Waals surface area contributed by atoms with Gasteiger partial charge in [-0.3, -0.25) is 9.88 Å².